The van der Waals surface area contributed by atoms with Gasteiger partial charge in [-0.05, 0) is 133 Å². The van der Waals surface area contributed by atoms with Gasteiger partial charge in [0.25, 0.3) is 0 Å². The molecule has 0 fully saturated rings. The molecule has 0 bridgehead atoms. The van der Waals surface area contributed by atoms with E-state index in [2.05, 4.69) is 240 Å². The molecule has 3 heterocycles. The summed E-state index contributed by atoms with van der Waals surface area (Å²) in [5, 5.41) is 12.9. The Morgan fingerprint density at radius 3 is 1.81 bits per heavy atom. The molecule has 2 atom stereocenters. The van der Waals surface area contributed by atoms with Crippen molar-refractivity contribution in [1.82, 2.24) is 9.88 Å². The lowest BCUT2D eigenvalue weighted by molar-refractivity contribution is 0.507. The predicted molar refractivity (Wildman–Crippen MR) is 274 cm³/mol. The van der Waals surface area contributed by atoms with E-state index in [1.165, 1.54) is 88.6 Å². The maximum absolute atomic E-state index is 6.57. The Balaban J connectivity index is 0.851. The minimum Gasteiger partial charge on any atom is -0.456 e. The molecule has 4 heteroatoms. The van der Waals surface area contributed by atoms with Crippen molar-refractivity contribution < 1.29 is 4.42 Å². The van der Waals surface area contributed by atoms with Crippen molar-refractivity contribution in [2.24, 2.45) is 0 Å². The van der Waals surface area contributed by atoms with E-state index in [0.717, 1.165) is 38.9 Å². The van der Waals surface area contributed by atoms with Gasteiger partial charge in [0.1, 0.15) is 17.3 Å². The van der Waals surface area contributed by atoms with Crippen LogP contribution in [-0.2, 0) is 5.41 Å². The Labute approximate surface area is 387 Å². The quantitative estimate of drug-likeness (QED) is 0.185. The van der Waals surface area contributed by atoms with Gasteiger partial charge in [-0.1, -0.05) is 164 Å². The van der Waals surface area contributed by atoms with E-state index in [9.17, 15) is 0 Å². The fraction of sp³-hybridized carbons (Fsp3) is 0.0476. The third kappa shape index (κ3) is 5.05. The van der Waals surface area contributed by atoms with Crippen molar-refractivity contribution >= 4 is 49.4 Å². The van der Waals surface area contributed by atoms with Crippen LogP contribution in [0.1, 0.15) is 51.2 Å². The zero-order valence-corrected chi connectivity index (χ0v) is 36.4. The van der Waals surface area contributed by atoms with Gasteiger partial charge in [0, 0.05) is 32.9 Å². The molecule has 0 amide bonds. The topological polar surface area (TPSA) is 42.1 Å². The van der Waals surface area contributed by atoms with Crippen LogP contribution in [0.2, 0.25) is 0 Å². The molecule has 0 saturated carbocycles. The fourth-order valence-electron chi connectivity index (χ4n) is 12.4. The highest BCUT2D eigenvalue weighted by Crippen LogP contribution is 2.63. The lowest BCUT2D eigenvalue weighted by Gasteiger charge is -2.36. The van der Waals surface area contributed by atoms with Gasteiger partial charge >= 0.3 is 0 Å². The molecular weight excluding hydrogens is 815 g/mol. The van der Waals surface area contributed by atoms with Crippen molar-refractivity contribution in [3.63, 3.8) is 0 Å². The van der Waals surface area contributed by atoms with Crippen LogP contribution in [0.25, 0.3) is 82.8 Å². The minimum atomic E-state index is -0.403. The highest BCUT2D eigenvalue weighted by atomic mass is 16.3. The highest BCUT2D eigenvalue weighted by Gasteiger charge is 2.52. The first kappa shape index (κ1) is 36.9. The van der Waals surface area contributed by atoms with Gasteiger partial charge < -0.3 is 14.3 Å². The molecule has 15 rings (SSSR count). The summed E-state index contributed by atoms with van der Waals surface area (Å²) in [7, 11) is 0. The molecular formula is C63H41N3O. The lowest BCUT2D eigenvalue weighted by atomic mass is 9.70. The van der Waals surface area contributed by atoms with Gasteiger partial charge in [0.05, 0.1) is 22.5 Å². The second kappa shape index (κ2) is 13.8. The molecule has 2 N–H and O–H groups in total. The number of nitrogens with zero attached hydrogens (tertiary/aromatic N) is 1. The van der Waals surface area contributed by atoms with E-state index in [4.69, 9.17) is 4.42 Å². The van der Waals surface area contributed by atoms with Gasteiger partial charge in [-0.15, -0.1) is 0 Å². The standard InChI is InChI=1S/C63H41N3O/c1-2-15-41(16-3-1)66-56-28-13-8-19-44(56)48-35-38(29-32-57(48)66)39-30-33-58-49(36-39)50-37-40(31-34-59(50)67-58)61-46-21-7-12-27-55(46)64-62(65-61)47-22-14-26-54-60(47)45-20-6-11-25-53(45)63(54)51-23-9-4-17-42(51)43-18-5-10-24-52(43)63/h1-37,61-62,64-65H. The van der Waals surface area contributed by atoms with E-state index in [1.807, 2.05) is 0 Å². The van der Waals surface area contributed by atoms with Crippen molar-refractivity contribution in [2.45, 2.75) is 17.6 Å². The zero-order valence-electron chi connectivity index (χ0n) is 36.4. The number of benzene rings is 10. The van der Waals surface area contributed by atoms with Crippen LogP contribution < -0.4 is 10.6 Å². The number of aromatic nitrogens is 1. The molecule has 4 nitrogen and oxygen atoms in total. The monoisotopic (exact) mass is 855 g/mol. The van der Waals surface area contributed by atoms with Crippen LogP contribution in [0.5, 0.6) is 0 Å². The first-order chi connectivity index (χ1) is 33.2. The van der Waals surface area contributed by atoms with E-state index >= 15 is 0 Å². The summed E-state index contributed by atoms with van der Waals surface area (Å²) in [5.41, 5.74) is 22.7. The third-order valence-electron chi connectivity index (χ3n) is 15.1. The maximum Gasteiger partial charge on any atom is 0.135 e. The Kier molecular flexibility index (Phi) is 7.58. The predicted octanol–water partition coefficient (Wildman–Crippen LogP) is 15.5. The summed E-state index contributed by atoms with van der Waals surface area (Å²) in [4.78, 5) is 0. The number of furan rings is 1. The van der Waals surface area contributed by atoms with Gasteiger partial charge in [0.2, 0.25) is 0 Å². The molecule has 314 valence electrons. The second-order valence-corrected chi connectivity index (χ2v) is 18.4. The number of fused-ring (bicyclic) bond motifs is 17. The van der Waals surface area contributed by atoms with Crippen molar-refractivity contribution in [1.29, 1.82) is 0 Å². The zero-order chi connectivity index (χ0) is 43.8. The first-order valence-corrected chi connectivity index (χ1v) is 23.3. The number of nitrogens with one attached hydrogen (secondary N) is 2. The lowest BCUT2D eigenvalue weighted by Crippen LogP contribution is -2.37. The minimum absolute atomic E-state index is 0.0845. The Hall–Kier alpha value is -8.44. The number of para-hydroxylation sites is 3. The highest BCUT2D eigenvalue weighted by molar-refractivity contribution is 6.11. The molecule has 2 aliphatic carbocycles. The summed E-state index contributed by atoms with van der Waals surface area (Å²) < 4.78 is 8.94. The molecule has 1 aliphatic heterocycles. The van der Waals surface area contributed by atoms with Crippen molar-refractivity contribution in [3.05, 3.63) is 263 Å². The Morgan fingerprint density at radius 2 is 1.00 bits per heavy atom. The van der Waals surface area contributed by atoms with E-state index in [-0.39, 0.29) is 12.2 Å². The first-order valence-electron chi connectivity index (χ1n) is 23.3. The van der Waals surface area contributed by atoms with Crippen LogP contribution in [0.15, 0.2) is 229 Å². The van der Waals surface area contributed by atoms with Gasteiger partial charge in [-0.2, -0.15) is 0 Å². The average Bonchev–Trinajstić information content (AvgIpc) is 4.12. The molecule has 2 aromatic heterocycles. The fourth-order valence-corrected chi connectivity index (χ4v) is 12.4. The summed E-state index contributed by atoms with van der Waals surface area (Å²) in [6.45, 7) is 0. The number of rotatable bonds is 4. The summed E-state index contributed by atoms with van der Waals surface area (Å²) >= 11 is 0. The largest absolute Gasteiger partial charge is 0.456 e. The number of hydrogen-bond donors (Lipinski definition) is 2. The molecule has 10 aromatic carbocycles. The van der Waals surface area contributed by atoms with Gasteiger partial charge in [-0.25, -0.2) is 0 Å². The Bertz CT molecular complexity index is 3980. The van der Waals surface area contributed by atoms with Crippen LogP contribution in [0.4, 0.5) is 5.69 Å². The Morgan fingerprint density at radius 1 is 0.418 bits per heavy atom. The third-order valence-corrected chi connectivity index (χ3v) is 15.1. The van der Waals surface area contributed by atoms with E-state index in [0.29, 0.717) is 0 Å². The van der Waals surface area contributed by atoms with E-state index in [1.54, 1.807) is 0 Å². The van der Waals surface area contributed by atoms with Crippen LogP contribution in [0, 0.1) is 0 Å². The van der Waals surface area contributed by atoms with Crippen LogP contribution in [0.3, 0.4) is 0 Å². The molecule has 0 radical (unpaired) electrons. The smallest absolute Gasteiger partial charge is 0.135 e. The van der Waals surface area contributed by atoms with Crippen molar-refractivity contribution in [3.8, 4) is 39.1 Å². The summed E-state index contributed by atoms with van der Waals surface area (Å²) in [5.74, 6) is 0. The van der Waals surface area contributed by atoms with Crippen LogP contribution in [-0.4, -0.2) is 4.57 Å². The van der Waals surface area contributed by atoms with Gasteiger partial charge in [0.15, 0.2) is 0 Å². The average molecular weight is 856 g/mol. The maximum atomic E-state index is 6.57. The summed E-state index contributed by atoms with van der Waals surface area (Å²) in [6, 6.07) is 82.5. The molecule has 0 saturated heterocycles. The number of hydrogen-bond acceptors (Lipinski definition) is 3. The molecule has 1 spiro atoms. The number of anilines is 1. The molecule has 67 heavy (non-hydrogen) atoms. The van der Waals surface area contributed by atoms with E-state index < -0.39 is 5.41 Å². The SMILES string of the molecule is c1ccc(-n2c3ccccc3c3cc(-c4ccc5oc6ccc(C7NC(c8cccc9c8-c8ccccc8C98c9ccccc9-c9ccccc98)Nc8ccccc87)cc6c5c4)ccc32)cc1. The van der Waals surface area contributed by atoms with Crippen molar-refractivity contribution in [2.75, 3.05) is 5.32 Å². The molecule has 12 aromatic rings. The van der Waals surface area contributed by atoms with Crippen LogP contribution >= 0.6 is 0 Å². The molecule has 2 unspecified atom stereocenters. The second-order valence-electron chi connectivity index (χ2n) is 18.4. The molecule has 3 aliphatic rings. The summed E-state index contributed by atoms with van der Waals surface area (Å²) in [6.07, 6.45) is -0.170. The van der Waals surface area contributed by atoms with Gasteiger partial charge in [-0.3, -0.25) is 5.32 Å². The normalized spacial score (nSPS) is 16.2.